The van der Waals surface area contributed by atoms with E-state index in [1.807, 2.05) is 0 Å². The number of nitrogens with zero attached hydrogens (tertiary/aromatic N) is 1. The first kappa shape index (κ1) is 12.2. The summed E-state index contributed by atoms with van der Waals surface area (Å²) in [6.45, 7) is 3.64. The number of anilines is 1. The van der Waals surface area contributed by atoms with Crippen molar-refractivity contribution >= 4 is 22.7 Å². The van der Waals surface area contributed by atoms with Gasteiger partial charge in [0.1, 0.15) is 17.4 Å². The fourth-order valence-electron chi connectivity index (χ4n) is 1.85. The molecule has 0 fully saturated rings. The van der Waals surface area contributed by atoms with Crippen LogP contribution in [0.1, 0.15) is 12.7 Å². The molecule has 1 aromatic heterocycles. The Morgan fingerprint density at radius 3 is 2.72 bits per heavy atom. The van der Waals surface area contributed by atoms with Crippen LogP contribution in [0.15, 0.2) is 33.5 Å². The fourth-order valence-corrected chi connectivity index (χ4v) is 1.85. The lowest BCUT2D eigenvalue weighted by molar-refractivity contribution is -0.246. The monoisotopic (exact) mass is 246 g/mol. The second kappa shape index (κ2) is 4.52. The van der Waals surface area contributed by atoms with Crippen LogP contribution in [0.3, 0.4) is 0 Å². The van der Waals surface area contributed by atoms with Crippen molar-refractivity contribution in [3.8, 4) is 0 Å². The molecule has 0 aliphatic heterocycles. The van der Waals surface area contributed by atoms with Gasteiger partial charge >= 0.3 is 0 Å². The lowest BCUT2D eigenvalue weighted by Crippen LogP contribution is -2.41. The molecule has 1 amide bonds. The Morgan fingerprint density at radius 1 is 1.39 bits per heavy atom. The Balaban J connectivity index is 2.64. The first-order valence-electron chi connectivity index (χ1n) is 5.56. The molecule has 0 unspecified atom stereocenters. The molecule has 1 aromatic carbocycles. The fraction of sp³-hybridized carbons (Fsp3) is 0.231. The molecular formula is C13H12NO4-. The van der Waals surface area contributed by atoms with Crippen LogP contribution < -0.4 is 15.4 Å². The topological polar surface area (TPSA) is 73.6 Å². The normalized spacial score (nSPS) is 10.6. The highest BCUT2D eigenvalue weighted by molar-refractivity contribution is 5.89. The van der Waals surface area contributed by atoms with Crippen molar-refractivity contribution in [3.63, 3.8) is 0 Å². The predicted molar refractivity (Wildman–Crippen MR) is 65.6 cm³/mol. The minimum absolute atomic E-state index is 0.190. The number of fused-ring (bicyclic) bond motifs is 1. The lowest BCUT2D eigenvalue weighted by atomic mass is 10.2. The van der Waals surface area contributed by atoms with Crippen LogP contribution in [0.5, 0.6) is 0 Å². The van der Waals surface area contributed by atoms with Gasteiger partial charge in [-0.3, -0.25) is 4.79 Å². The van der Waals surface area contributed by atoms with Crippen molar-refractivity contribution in [1.82, 2.24) is 0 Å². The predicted octanol–water partition coefficient (Wildman–Crippen LogP) is 1.27. The van der Waals surface area contributed by atoms with Gasteiger partial charge in [-0.1, -0.05) is 0 Å². The van der Waals surface area contributed by atoms with Crippen LogP contribution in [0.25, 0.3) is 11.0 Å². The summed E-state index contributed by atoms with van der Waals surface area (Å²) in [4.78, 5) is 23.8. The van der Waals surface area contributed by atoms with E-state index >= 15 is 0 Å². The van der Waals surface area contributed by atoms with E-state index in [0.717, 1.165) is 4.90 Å². The summed E-state index contributed by atoms with van der Waals surface area (Å²) in [6, 6.07) is 6.05. The number of carbonyl (C=O) groups is 1. The molecule has 0 atom stereocenters. The Morgan fingerprint density at radius 2 is 2.11 bits per heavy atom. The zero-order chi connectivity index (χ0) is 13.3. The van der Waals surface area contributed by atoms with E-state index in [1.165, 1.54) is 12.1 Å². The maximum absolute atomic E-state index is 11.8. The van der Waals surface area contributed by atoms with Crippen LogP contribution in [-0.2, 0) is 0 Å². The molecule has 0 aliphatic rings. The summed E-state index contributed by atoms with van der Waals surface area (Å²) in [5.74, 6) is 0.521. The number of benzene rings is 1. The molecule has 0 bridgehead atoms. The van der Waals surface area contributed by atoms with Crippen molar-refractivity contribution < 1.29 is 14.3 Å². The molecule has 1 heterocycles. The van der Waals surface area contributed by atoms with Crippen molar-refractivity contribution in [2.75, 3.05) is 11.4 Å². The average Bonchev–Trinajstić information content (AvgIpc) is 2.30. The van der Waals surface area contributed by atoms with E-state index in [2.05, 4.69) is 0 Å². The summed E-state index contributed by atoms with van der Waals surface area (Å²) >= 11 is 0. The molecule has 0 aliphatic carbocycles. The van der Waals surface area contributed by atoms with Crippen LogP contribution in [-0.4, -0.2) is 12.6 Å². The van der Waals surface area contributed by atoms with Crippen molar-refractivity contribution in [1.29, 1.82) is 0 Å². The molecule has 2 rings (SSSR count). The molecule has 0 N–H and O–H groups in total. The van der Waals surface area contributed by atoms with E-state index in [0.29, 0.717) is 22.4 Å². The molecule has 0 saturated carbocycles. The quantitative estimate of drug-likeness (QED) is 0.799. The highest BCUT2D eigenvalue weighted by atomic mass is 16.4. The van der Waals surface area contributed by atoms with Gasteiger partial charge in [-0.25, -0.2) is 0 Å². The zero-order valence-corrected chi connectivity index (χ0v) is 10.1. The second-order valence-corrected chi connectivity index (χ2v) is 3.91. The molecule has 0 radical (unpaired) electrons. The van der Waals surface area contributed by atoms with Gasteiger partial charge in [0.2, 0.25) is 0 Å². The molecule has 2 aromatic rings. The Kier molecular flexibility index (Phi) is 3.06. The summed E-state index contributed by atoms with van der Waals surface area (Å²) in [5, 5.41) is 11.3. The van der Waals surface area contributed by atoms with E-state index in [-0.39, 0.29) is 12.0 Å². The van der Waals surface area contributed by atoms with Crippen molar-refractivity contribution in [2.45, 2.75) is 13.8 Å². The van der Waals surface area contributed by atoms with Gasteiger partial charge in [-0.15, -0.1) is 0 Å². The van der Waals surface area contributed by atoms with Gasteiger partial charge < -0.3 is 19.2 Å². The largest absolute Gasteiger partial charge is 0.530 e. The van der Waals surface area contributed by atoms with Crippen molar-refractivity contribution in [2.24, 2.45) is 0 Å². The SMILES string of the molecule is CCN(C(=O)[O-])c1ccc2oc(C)cc(=O)c2c1. The van der Waals surface area contributed by atoms with E-state index in [4.69, 9.17) is 4.42 Å². The zero-order valence-electron chi connectivity index (χ0n) is 10.1. The molecule has 5 heteroatoms. The molecule has 0 saturated heterocycles. The second-order valence-electron chi connectivity index (χ2n) is 3.91. The van der Waals surface area contributed by atoms with Gasteiger partial charge in [0, 0.05) is 18.3 Å². The standard InChI is InChI=1S/C13H13NO4/c1-3-14(13(16)17)9-4-5-12-10(7-9)11(15)6-8(2)18-12/h4-7H,3H2,1-2H3,(H,16,17)/p-1. The molecule has 94 valence electrons. The highest BCUT2D eigenvalue weighted by Gasteiger charge is 2.09. The Labute approximate surface area is 103 Å². The number of aryl methyl sites for hydroxylation is 1. The molecule has 18 heavy (non-hydrogen) atoms. The summed E-state index contributed by atoms with van der Waals surface area (Å²) in [7, 11) is 0. The number of hydrogen-bond acceptors (Lipinski definition) is 4. The molecule has 0 spiro atoms. The Bertz CT molecular complexity index is 660. The maximum Gasteiger partial charge on any atom is 0.193 e. The average molecular weight is 246 g/mol. The smallest absolute Gasteiger partial charge is 0.193 e. The summed E-state index contributed by atoms with van der Waals surface area (Å²) in [6.07, 6.45) is -1.30. The third-order valence-corrected chi connectivity index (χ3v) is 2.68. The summed E-state index contributed by atoms with van der Waals surface area (Å²) < 4.78 is 5.39. The van der Waals surface area contributed by atoms with Gasteiger partial charge in [0.05, 0.1) is 5.39 Å². The number of hydrogen-bond donors (Lipinski definition) is 0. The van der Waals surface area contributed by atoms with Gasteiger partial charge in [0.25, 0.3) is 0 Å². The maximum atomic E-state index is 11.8. The van der Waals surface area contributed by atoms with Gasteiger partial charge in [-0.2, -0.15) is 0 Å². The number of carbonyl (C=O) groups excluding carboxylic acids is 1. The minimum Gasteiger partial charge on any atom is -0.530 e. The third kappa shape index (κ3) is 2.07. The first-order chi connectivity index (χ1) is 8.52. The van der Waals surface area contributed by atoms with Crippen LogP contribution >= 0.6 is 0 Å². The summed E-state index contributed by atoms with van der Waals surface area (Å²) in [5.41, 5.74) is 0.657. The van der Waals surface area contributed by atoms with E-state index in [9.17, 15) is 14.7 Å². The molecule has 5 nitrogen and oxygen atoms in total. The number of carboxylic acid groups (broad SMARTS) is 1. The van der Waals surface area contributed by atoms with Crippen LogP contribution in [0.4, 0.5) is 10.5 Å². The van der Waals surface area contributed by atoms with Crippen molar-refractivity contribution in [3.05, 3.63) is 40.2 Å². The van der Waals surface area contributed by atoms with E-state index < -0.39 is 6.09 Å². The van der Waals surface area contributed by atoms with Gasteiger partial charge in [-0.05, 0) is 32.0 Å². The van der Waals surface area contributed by atoms with Gasteiger partial charge in [0.15, 0.2) is 5.43 Å². The number of amides is 1. The van der Waals surface area contributed by atoms with Crippen LogP contribution in [0.2, 0.25) is 0 Å². The van der Waals surface area contributed by atoms with Crippen LogP contribution in [0, 0.1) is 6.92 Å². The van der Waals surface area contributed by atoms with E-state index in [1.54, 1.807) is 26.0 Å². The number of rotatable bonds is 2. The third-order valence-electron chi connectivity index (χ3n) is 2.68. The highest BCUT2D eigenvalue weighted by Crippen LogP contribution is 2.20. The molecular weight excluding hydrogens is 234 g/mol. The first-order valence-corrected chi connectivity index (χ1v) is 5.56. The Hall–Kier alpha value is -2.30. The minimum atomic E-state index is -1.30. The lowest BCUT2D eigenvalue weighted by Gasteiger charge is -2.23.